The summed E-state index contributed by atoms with van der Waals surface area (Å²) in [6.07, 6.45) is 11.6. The van der Waals surface area contributed by atoms with Crippen LogP contribution < -0.4 is 15.6 Å². The van der Waals surface area contributed by atoms with Crippen molar-refractivity contribution < 1.29 is 72.7 Å². The predicted molar refractivity (Wildman–Crippen MR) is 555 cm³/mol. The molecule has 6 nitrogen and oxygen atoms in total. The fraction of sp³-hybridized carbons (Fsp3) is 0.143. The summed E-state index contributed by atoms with van der Waals surface area (Å²) in [6.45, 7) is 21.9. The van der Waals surface area contributed by atoms with Gasteiger partial charge in [0.2, 0.25) is 0 Å². The molecule has 0 N–H and O–H groups in total. The van der Waals surface area contributed by atoms with E-state index in [1.165, 1.54) is 142 Å². The van der Waals surface area contributed by atoms with Crippen LogP contribution in [0.3, 0.4) is 0 Å². The fourth-order valence-corrected chi connectivity index (χ4v) is 21.0. The molecule has 0 aliphatic carbocycles. The molecule has 0 bridgehead atoms. The molecule has 0 aliphatic heterocycles. The van der Waals surface area contributed by atoms with Gasteiger partial charge in [-0.2, -0.15) is 0 Å². The number of rotatable bonds is 11. The molecule has 6 heterocycles. The molecule has 0 saturated carbocycles. The summed E-state index contributed by atoms with van der Waals surface area (Å²) >= 11 is 0. The molecule has 15 aromatic carbocycles. The number of aromatic nitrogens is 6. The van der Waals surface area contributed by atoms with E-state index in [2.05, 4.69) is 356 Å². The number of benzene rings is 15. The van der Waals surface area contributed by atoms with Crippen LogP contribution in [0.25, 0.3) is 164 Å². The first-order chi connectivity index (χ1) is 65.5. The number of aryl methyl sites for hydroxylation is 4. The average molecular weight is 2290 g/mol. The maximum atomic E-state index is 7.23. The number of hydrogen-bond donors (Lipinski definition) is 0. The molecule has 0 aliphatic rings. The Morgan fingerprint density at radius 1 is 0.260 bits per heavy atom. The minimum absolute atomic E-state index is 0. The van der Waals surface area contributed by atoms with E-state index in [0.29, 0.717) is 5.92 Å². The topological polar surface area (TPSA) is 77.3 Å². The van der Waals surface area contributed by atoms with E-state index >= 15 is 0 Å². The second-order valence-electron chi connectivity index (χ2n) is 35.8. The Bertz CT molecular complexity index is 7570. The van der Waals surface area contributed by atoms with Gasteiger partial charge in [0.15, 0.2) is 0 Å². The molecule has 21 rings (SSSR count). The third kappa shape index (κ3) is 22.7. The standard InChI is InChI=1S/C30H30NSi.C27H24NSi.C26H22NSi.3C12H10N.3Ir/c1-20(2)16-22-18-29(31-19-30(22)32(3,4)5)21-14-15-27-25-12-7-6-10-23(25)24-11-8-9-13-26(24)28(27)17-21;1-18-15-26(28-17-27(18)29(2,3)4)19-13-14-24-22-11-6-5-9-20(22)21-10-7-8-12-23(21)25(24)16-19;1-28(2,3)19-13-15-26(27-17-19)18-12-14-24-22-10-5-4-8-20(22)21-9-6-7-11-23(21)25(24)16-18;3*1-10-7-8-12(13-9-10)11-5-3-2-4-6-11;;;/h6-13,15,17-20H,16H2,1-5H3;5-12,14-17H,1-4H3;4-11,13-17H,1-3H3;3*2-5,7-9H,1H3;;;/q6*-1;;;/i;;;3*1D3;;;. The maximum absolute atomic E-state index is 7.23. The van der Waals surface area contributed by atoms with Crippen molar-refractivity contribution >= 4 is 137 Å². The summed E-state index contributed by atoms with van der Waals surface area (Å²) in [7, 11) is -4.18. The normalized spacial score (nSPS) is 12.5. The summed E-state index contributed by atoms with van der Waals surface area (Å²) in [4.78, 5) is 26.9. The second-order valence-corrected chi connectivity index (χ2v) is 51.0. The number of nitrogens with zero attached hydrogens (tertiary/aromatic N) is 6. The largest absolute Gasteiger partial charge is 0.305 e. The Morgan fingerprint density at radius 2 is 0.534 bits per heavy atom. The van der Waals surface area contributed by atoms with E-state index in [9.17, 15) is 0 Å². The van der Waals surface area contributed by atoms with Gasteiger partial charge in [0, 0.05) is 110 Å². The van der Waals surface area contributed by atoms with Crippen LogP contribution in [0.4, 0.5) is 0 Å². The smallest absolute Gasteiger partial charge is 0.0798 e. The SMILES string of the molecule is CC(C)Cc1cc(-c2[c-]cc3c4ccccc4c4ccccc4c3c2)ncc1[Si](C)(C)C.C[Si](C)(C)c1ccc(-c2[c-]cc3c4ccccc4c4ccccc4c3c2)nc1.Cc1cc(-c2[c-]cc3c4ccccc4c4ccccc4c3c2)ncc1[Si](C)(C)C.[2H]C([2H])([2H])c1ccc(-c2[c-]cccc2)nc1.[2H]C([2H])([2H])c1ccc(-c2[c-]cccc2)nc1.[2H]C([2H])([2H])c1ccc(-c2[c-]cccc2)nc1.[Ir].[Ir].[Ir]. The summed E-state index contributed by atoms with van der Waals surface area (Å²) in [6, 6.07) is 126. The number of hydrogen-bond acceptors (Lipinski definition) is 6. The van der Waals surface area contributed by atoms with Crippen LogP contribution >= 0.6 is 0 Å². The van der Waals surface area contributed by atoms with Gasteiger partial charge in [0.25, 0.3) is 0 Å². The van der Waals surface area contributed by atoms with Crippen LogP contribution in [-0.4, -0.2) is 54.1 Å². The Morgan fingerprint density at radius 3 is 0.802 bits per heavy atom. The van der Waals surface area contributed by atoms with Gasteiger partial charge in [-0.25, -0.2) is 0 Å². The summed E-state index contributed by atoms with van der Waals surface area (Å²) in [5, 5.41) is 27.3. The van der Waals surface area contributed by atoms with Crippen molar-refractivity contribution in [3.05, 3.63) is 417 Å². The summed E-state index contributed by atoms with van der Waals surface area (Å²) in [5.41, 5.74) is 14.5. The Labute approximate surface area is 829 Å². The van der Waals surface area contributed by atoms with Crippen LogP contribution in [0.5, 0.6) is 0 Å². The minimum Gasteiger partial charge on any atom is -0.305 e. The molecular weight excluding hydrogens is 2170 g/mol. The van der Waals surface area contributed by atoms with Crippen LogP contribution in [0.15, 0.2) is 353 Å². The van der Waals surface area contributed by atoms with E-state index in [-0.39, 0.29) is 77.0 Å². The van der Waals surface area contributed by atoms with Gasteiger partial charge in [0.05, 0.1) is 24.2 Å². The third-order valence-electron chi connectivity index (χ3n) is 23.1. The molecule has 6 aromatic heterocycles. The zero-order valence-corrected chi connectivity index (χ0v) is 85.6. The number of pyridine rings is 6. The van der Waals surface area contributed by atoms with Crippen molar-refractivity contribution in [2.45, 2.75) is 107 Å². The first-order valence-corrected chi connectivity index (χ1v) is 54.0. The number of fused-ring (bicyclic) bond motifs is 18. The van der Waals surface area contributed by atoms with E-state index in [1.807, 2.05) is 54.6 Å². The molecule has 0 atom stereocenters. The molecule has 0 amide bonds. The third-order valence-corrected chi connectivity index (χ3v) is 29.3. The van der Waals surface area contributed by atoms with E-state index in [1.54, 1.807) is 54.6 Å². The van der Waals surface area contributed by atoms with Crippen LogP contribution in [0.1, 0.15) is 54.0 Å². The van der Waals surface area contributed by atoms with Crippen LogP contribution in [0.2, 0.25) is 58.9 Å². The van der Waals surface area contributed by atoms with Crippen molar-refractivity contribution in [3.63, 3.8) is 0 Å². The Hall–Kier alpha value is -11.9. The van der Waals surface area contributed by atoms with E-state index in [4.69, 9.17) is 27.3 Å². The van der Waals surface area contributed by atoms with Gasteiger partial charge in [-0.15, -0.1) is 179 Å². The molecule has 12 heteroatoms. The van der Waals surface area contributed by atoms with Gasteiger partial charge in [0.1, 0.15) is 0 Å². The second kappa shape index (κ2) is 43.0. The molecule has 0 fully saturated rings. The molecule has 21 aromatic rings. The van der Waals surface area contributed by atoms with Crippen molar-refractivity contribution in [1.82, 2.24) is 29.9 Å². The molecular formula is C119H106Ir3N6Si3-6. The predicted octanol–water partition coefficient (Wildman–Crippen LogP) is 29.7. The van der Waals surface area contributed by atoms with Gasteiger partial charge in [-0.1, -0.05) is 339 Å². The molecule has 3 radical (unpaired) electrons. The quantitative estimate of drug-likeness (QED) is 0.0729. The molecule has 131 heavy (non-hydrogen) atoms. The van der Waals surface area contributed by atoms with Gasteiger partial charge < -0.3 is 29.9 Å². The average Bonchev–Trinajstić information content (AvgIpc) is 0.747. The van der Waals surface area contributed by atoms with Crippen molar-refractivity contribution in [2.24, 2.45) is 5.92 Å². The van der Waals surface area contributed by atoms with Crippen molar-refractivity contribution in [1.29, 1.82) is 0 Å². The first-order valence-electron chi connectivity index (χ1n) is 48.0. The zero-order valence-electron chi connectivity index (χ0n) is 84.5. The van der Waals surface area contributed by atoms with Crippen molar-refractivity contribution in [3.8, 4) is 67.5 Å². The zero-order chi connectivity index (χ0) is 96.7. The molecule has 657 valence electrons. The van der Waals surface area contributed by atoms with Crippen LogP contribution in [-0.2, 0) is 66.7 Å². The summed E-state index contributed by atoms with van der Waals surface area (Å²) < 4.78 is 65.1. The van der Waals surface area contributed by atoms with Gasteiger partial charge >= 0.3 is 0 Å². The van der Waals surface area contributed by atoms with Crippen LogP contribution in [0, 0.1) is 69.8 Å². The molecule has 0 saturated heterocycles. The Kier molecular flexibility index (Phi) is 27.8. The maximum Gasteiger partial charge on any atom is 0.0798 e. The van der Waals surface area contributed by atoms with Gasteiger partial charge in [-0.3, -0.25) is 0 Å². The molecule has 0 unspecified atom stereocenters. The minimum atomic E-state index is -2.09. The fourth-order valence-electron chi connectivity index (χ4n) is 16.7. The molecule has 0 spiro atoms. The Balaban J connectivity index is 0.000000144. The summed E-state index contributed by atoms with van der Waals surface area (Å²) in [5.74, 6) is 0.622. The van der Waals surface area contributed by atoms with E-state index in [0.717, 1.165) is 74.0 Å². The van der Waals surface area contributed by atoms with Gasteiger partial charge in [-0.05, 0) is 155 Å². The van der Waals surface area contributed by atoms with Crippen molar-refractivity contribution in [2.75, 3.05) is 0 Å². The monoisotopic (exact) mass is 2290 g/mol. The van der Waals surface area contributed by atoms with E-state index < -0.39 is 44.8 Å². The first kappa shape index (κ1) is 84.7.